The quantitative estimate of drug-likeness (QED) is 0.851. The molecule has 2 atom stereocenters. The second-order valence-corrected chi connectivity index (χ2v) is 5.76. The maximum atomic E-state index is 11.9. The van der Waals surface area contributed by atoms with Gasteiger partial charge in [0.25, 0.3) is 0 Å². The summed E-state index contributed by atoms with van der Waals surface area (Å²) in [6.07, 6.45) is 1.98. The Morgan fingerprint density at radius 1 is 1.44 bits per heavy atom. The lowest BCUT2D eigenvalue weighted by atomic mass is 10.2. The summed E-state index contributed by atoms with van der Waals surface area (Å²) >= 11 is 5.98. The number of rotatable bonds is 6. The van der Waals surface area contributed by atoms with Gasteiger partial charge in [0.05, 0.1) is 20.7 Å². The first kappa shape index (κ1) is 13.7. The Bertz CT molecular complexity index is 357. The molecule has 90 valence electrons. The smallest absolute Gasteiger partial charge is 0.0574 e. The third-order valence-electron chi connectivity index (χ3n) is 2.54. The van der Waals surface area contributed by atoms with Crippen LogP contribution in [0, 0.1) is 0 Å². The summed E-state index contributed by atoms with van der Waals surface area (Å²) in [4.78, 5) is 0.751. The predicted octanol–water partition coefficient (Wildman–Crippen LogP) is 2.84. The molecule has 1 aromatic carbocycles. The van der Waals surface area contributed by atoms with E-state index in [-0.39, 0.29) is 0 Å². The minimum atomic E-state index is -0.973. The molecule has 16 heavy (non-hydrogen) atoms. The minimum absolute atomic E-state index is 0.475. The van der Waals surface area contributed by atoms with E-state index in [4.69, 9.17) is 11.6 Å². The first-order chi connectivity index (χ1) is 7.65. The van der Waals surface area contributed by atoms with E-state index in [1.54, 1.807) is 6.07 Å². The second-order valence-electron chi connectivity index (χ2n) is 3.81. The fourth-order valence-electron chi connectivity index (χ4n) is 1.40. The molecule has 0 amide bonds. The zero-order valence-electron chi connectivity index (χ0n) is 9.70. The van der Waals surface area contributed by atoms with Crippen LogP contribution in [-0.2, 0) is 10.8 Å². The normalized spacial score (nSPS) is 14.7. The van der Waals surface area contributed by atoms with Crippen LogP contribution in [0.1, 0.15) is 19.8 Å². The van der Waals surface area contributed by atoms with Crippen molar-refractivity contribution < 1.29 is 4.21 Å². The van der Waals surface area contributed by atoms with Crippen molar-refractivity contribution in [2.75, 3.05) is 12.8 Å². The van der Waals surface area contributed by atoms with Crippen molar-refractivity contribution in [3.05, 3.63) is 29.3 Å². The summed E-state index contributed by atoms with van der Waals surface area (Å²) in [6.45, 7) is 2.12. The highest BCUT2D eigenvalue weighted by atomic mass is 35.5. The molecule has 1 aromatic rings. The summed E-state index contributed by atoms with van der Waals surface area (Å²) in [5.41, 5.74) is 0. The summed E-state index contributed by atoms with van der Waals surface area (Å²) in [5, 5.41) is 3.76. The molecule has 0 aliphatic heterocycles. The van der Waals surface area contributed by atoms with Crippen LogP contribution in [0.3, 0.4) is 0 Å². The number of halogens is 1. The third-order valence-corrected chi connectivity index (χ3v) is 4.49. The van der Waals surface area contributed by atoms with Crippen molar-refractivity contribution in [3.8, 4) is 0 Å². The first-order valence-electron chi connectivity index (χ1n) is 5.45. The molecule has 1 rings (SSSR count). The molecule has 0 saturated carbocycles. The van der Waals surface area contributed by atoms with Gasteiger partial charge in [-0.3, -0.25) is 4.21 Å². The molecule has 2 nitrogen and oxygen atoms in total. The van der Waals surface area contributed by atoms with Gasteiger partial charge in [0, 0.05) is 11.8 Å². The summed E-state index contributed by atoms with van der Waals surface area (Å²) in [6, 6.07) is 7.81. The van der Waals surface area contributed by atoms with Gasteiger partial charge in [-0.05, 0) is 38.9 Å². The highest BCUT2D eigenvalue weighted by molar-refractivity contribution is 7.85. The van der Waals surface area contributed by atoms with Gasteiger partial charge >= 0.3 is 0 Å². The van der Waals surface area contributed by atoms with Crippen LogP contribution in [0.4, 0.5) is 0 Å². The Hall–Kier alpha value is -0.380. The lowest BCUT2D eigenvalue weighted by Crippen LogP contribution is -2.21. The van der Waals surface area contributed by atoms with Crippen molar-refractivity contribution in [3.63, 3.8) is 0 Å². The van der Waals surface area contributed by atoms with Crippen LogP contribution in [0.5, 0.6) is 0 Å². The van der Waals surface area contributed by atoms with Crippen LogP contribution >= 0.6 is 11.6 Å². The van der Waals surface area contributed by atoms with E-state index in [2.05, 4.69) is 12.2 Å². The highest BCUT2D eigenvalue weighted by Crippen LogP contribution is 2.19. The number of hydrogen-bond donors (Lipinski definition) is 1. The van der Waals surface area contributed by atoms with Gasteiger partial charge < -0.3 is 5.32 Å². The highest BCUT2D eigenvalue weighted by Gasteiger charge is 2.08. The molecule has 0 bridgehead atoms. The fraction of sp³-hybridized carbons (Fsp3) is 0.500. The number of benzene rings is 1. The van der Waals surface area contributed by atoms with Crippen molar-refractivity contribution in [2.45, 2.75) is 30.7 Å². The molecular formula is C12H18ClNOS. The average Bonchev–Trinajstić information content (AvgIpc) is 2.29. The van der Waals surface area contributed by atoms with Crippen molar-refractivity contribution >= 4 is 22.4 Å². The van der Waals surface area contributed by atoms with Crippen molar-refractivity contribution in [2.24, 2.45) is 0 Å². The van der Waals surface area contributed by atoms with Gasteiger partial charge in [0.15, 0.2) is 0 Å². The van der Waals surface area contributed by atoms with Gasteiger partial charge in [0.2, 0.25) is 0 Å². The average molecular weight is 260 g/mol. The Kier molecular flexibility index (Phi) is 6.03. The second kappa shape index (κ2) is 7.05. The minimum Gasteiger partial charge on any atom is -0.317 e. The Balaban J connectivity index is 2.44. The van der Waals surface area contributed by atoms with Crippen LogP contribution in [-0.4, -0.2) is 23.1 Å². The topological polar surface area (TPSA) is 29.1 Å². The Morgan fingerprint density at radius 3 is 2.75 bits per heavy atom. The van der Waals surface area contributed by atoms with Gasteiger partial charge in [-0.25, -0.2) is 0 Å². The maximum Gasteiger partial charge on any atom is 0.0574 e. The number of hydrogen-bond acceptors (Lipinski definition) is 2. The molecule has 0 aromatic heterocycles. The molecule has 0 spiro atoms. The maximum absolute atomic E-state index is 11.9. The Labute approximate surface area is 105 Å². The molecular weight excluding hydrogens is 242 g/mol. The molecule has 0 aliphatic rings. The Morgan fingerprint density at radius 2 is 2.12 bits per heavy atom. The zero-order valence-corrected chi connectivity index (χ0v) is 11.3. The van der Waals surface area contributed by atoms with Gasteiger partial charge in [-0.15, -0.1) is 0 Å². The summed E-state index contributed by atoms with van der Waals surface area (Å²) < 4.78 is 11.9. The van der Waals surface area contributed by atoms with Crippen molar-refractivity contribution in [1.29, 1.82) is 0 Å². The lowest BCUT2D eigenvalue weighted by Gasteiger charge is -2.09. The summed E-state index contributed by atoms with van der Waals surface area (Å²) in [7, 11) is 0.967. The molecule has 0 saturated heterocycles. The van der Waals surface area contributed by atoms with E-state index >= 15 is 0 Å². The SMILES string of the molecule is CNC(C)CCCS(=O)c1ccccc1Cl. The molecule has 2 unspecified atom stereocenters. The molecule has 0 radical (unpaired) electrons. The predicted molar refractivity (Wildman–Crippen MR) is 70.5 cm³/mol. The molecule has 0 aliphatic carbocycles. The van der Waals surface area contributed by atoms with Crippen LogP contribution in [0.15, 0.2) is 29.2 Å². The van der Waals surface area contributed by atoms with Crippen LogP contribution in [0.25, 0.3) is 0 Å². The standard InChI is InChI=1S/C12H18ClNOS/c1-10(14-2)6-5-9-16(15)12-8-4-3-7-11(12)13/h3-4,7-8,10,14H,5-6,9H2,1-2H3. The summed E-state index contributed by atoms with van der Waals surface area (Å²) in [5.74, 6) is 0.676. The largest absolute Gasteiger partial charge is 0.317 e. The number of nitrogens with one attached hydrogen (secondary N) is 1. The van der Waals surface area contributed by atoms with Gasteiger partial charge in [0.1, 0.15) is 0 Å². The molecule has 1 N–H and O–H groups in total. The first-order valence-corrected chi connectivity index (χ1v) is 7.15. The van der Waals surface area contributed by atoms with Crippen LogP contribution < -0.4 is 5.32 Å². The van der Waals surface area contributed by atoms with Gasteiger partial charge in [-0.2, -0.15) is 0 Å². The van der Waals surface area contributed by atoms with Gasteiger partial charge in [-0.1, -0.05) is 23.7 Å². The van der Waals surface area contributed by atoms with E-state index in [0.29, 0.717) is 16.8 Å². The monoisotopic (exact) mass is 259 g/mol. The zero-order chi connectivity index (χ0) is 12.0. The fourth-order valence-corrected chi connectivity index (χ4v) is 2.96. The van der Waals surface area contributed by atoms with Crippen LogP contribution in [0.2, 0.25) is 5.02 Å². The molecule has 0 fully saturated rings. The molecule has 4 heteroatoms. The van der Waals surface area contributed by atoms with E-state index in [1.807, 2.05) is 25.2 Å². The van der Waals surface area contributed by atoms with E-state index in [1.165, 1.54) is 0 Å². The van der Waals surface area contributed by atoms with E-state index < -0.39 is 10.8 Å². The van der Waals surface area contributed by atoms with E-state index in [9.17, 15) is 4.21 Å². The van der Waals surface area contributed by atoms with E-state index in [0.717, 1.165) is 17.7 Å². The lowest BCUT2D eigenvalue weighted by molar-refractivity contribution is 0.557. The third kappa shape index (κ3) is 4.24. The molecule has 0 heterocycles. The van der Waals surface area contributed by atoms with Crippen molar-refractivity contribution in [1.82, 2.24) is 5.32 Å².